The van der Waals surface area contributed by atoms with Gasteiger partial charge in [-0.1, -0.05) is 24.4 Å². The molecule has 21 heavy (non-hydrogen) atoms. The number of nitrogens with zero attached hydrogens (tertiary/aromatic N) is 1. The molecule has 1 aliphatic rings. The Bertz CT molecular complexity index is 513. The van der Waals surface area contributed by atoms with Gasteiger partial charge in [-0.15, -0.1) is 0 Å². The van der Waals surface area contributed by atoms with Crippen LogP contribution in [-0.4, -0.2) is 46.6 Å². The van der Waals surface area contributed by atoms with Crippen molar-refractivity contribution in [3.05, 3.63) is 29.8 Å². The summed E-state index contributed by atoms with van der Waals surface area (Å²) >= 11 is 4.91. The van der Waals surface area contributed by atoms with Gasteiger partial charge in [-0.2, -0.15) is 0 Å². The monoisotopic (exact) mass is 307 g/mol. The number of nitrogens with one attached hydrogen (secondary N) is 1. The molecule has 1 aromatic rings. The number of benzene rings is 1. The van der Waals surface area contributed by atoms with Gasteiger partial charge in [0.25, 0.3) is 0 Å². The molecule has 1 amide bonds. The van der Waals surface area contributed by atoms with Gasteiger partial charge >= 0.3 is 0 Å². The van der Waals surface area contributed by atoms with E-state index in [0.717, 1.165) is 31.5 Å². The molecule has 0 saturated carbocycles. The number of aromatic hydroxyl groups is 1. The number of hydrogen-bond acceptors (Lipinski definition) is 4. The van der Waals surface area contributed by atoms with Crippen LogP contribution in [0.5, 0.6) is 5.75 Å². The highest BCUT2D eigenvalue weighted by atomic mass is 32.1. The highest BCUT2D eigenvalue weighted by Crippen LogP contribution is 2.13. The Balaban J connectivity index is 1.75. The summed E-state index contributed by atoms with van der Waals surface area (Å²) < 4.78 is 0. The van der Waals surface area contributed by atoms with Gasteiger partial charge in [0.1, 0.15) is 5.75 Å². The molecule has 1 fully saturated rings. The Labute approximate surface area is 130 Å². The smallest absolute Gasteiger partial charge is 0.224 e. The largest absolute Gasteiger partial charge is 0.508 e. The summed E-state index contributed by atoms with van der Waals surface area (Å²) in [5.74, 6) is 0.180. The summed E-state index contributed by atoms with van der Waals surface area (Å²) in [5.41, 5.74) is 6.35. The summed E-state index contributed by atoms with van der Waals surface area (Å²) in [4.78, 5) is 14.7. The molecule has 1 heterocycles. The predicted molar refractivity (Wildman–Crippen MR) is 86.2 cm³/mol. The lowest BCUT2D eigenvalue weighted by molar-refractivity contribution is -0.121. The Hall–Kier alpha value is -1.66. The van der Waals surface area contributed by atoms with E-state index in [1.807, 2.05) is 6.07 Å². The zero-order valence-corrected chi connectivity index (χ0v) is 12.7. The van der Waals surface area contributed by atoms with Gasteiger partial charge in [-0.3, -0.25) is 9.69 Å². The van der Waals surface area contributed by atoms with Crippen LogP contribution in [0.3, 0.4) is 0 Å². The lowest BCUT2D eigenvalue weighted by atomic mass is 10.0. The first-order valence-corrected chi connectivity index (χ1v) is 7.51. The van der Waals surface area contributed by atoms with Crippen LogP contribution in [0.4, 0.5) is 0 Å². The van der Waals surface area contributed by atoms with E-state index in [1.165, 1.54) is 0 Å². The fraction of sp³-hybridized carbons (Fsp3) is 0.467. The quantitative estimate of drug-likeness (QED) is 0.701. The molecule has 1 saturated heterocycles. The predicted octanol–water partition coefficient (Wildman–Crippen LogP) is 0.801. The number of piperidine rings is 1. The minimum Gasteiger partial charge on any atom is -0.508 e. The first kappa shape index (κ1) is 15.7. The van der Waals surface area contributed by atoms with E-state index in [9.17, 15) is 9.90 Å². The number of phenols is 1. The zero-order valence-electron chi connectivity index (χ0n) is 11.9. The molecule has 0 spiro atoms. The van der Waals surface area contributed by atoms with Gasteiger partial charge in [-0.25, -0.2) is 0 Å². The van der Waals surface area contributed by atoms with Gasteiger partial charge in [0.2, 0.25) is 5.91 Å². The van der Waals surface area contributed by atoms with E-state index in [1.54, 1.807) is 18.2 Å². The Morgan fingerprint density at radius 1 is 1.43 bits per heavy atom. The van der Waals surface area contributed by atoms with Crippen molar-refractivity contribution in [2.75, 3.05) is 19.6 Å². The number of thiocarbonyl (C=S) groups is 1. The van der Waals surface area contributed by atoms with E-state index >= 15 is 0 Å². The van der Waals surface area contributed by atoms with Crippen LogP contribution in [0, 0.1) is 0 Å². The second-order valence-electron chi connectivity index (χ2n) is 5.43. The topological polar surface area (TPSA) is 78.6 Å². The molecule has 4 N–H and O–H groups in total. The summed E-state index contributed by atoms with van der Waals surface area (Å²) in [5, 5.41) is 12.4. The standard InChI is InChI=1S/C15H21N3O2S/c16-14(21)10-18-6-4-12(5-7-18)17-15(20)9-11-2-1-3-13(19)8-11/h1-3,8,12,19H,4-7,9-10H2,(H2,16,21)(H,17,20). The third kappa shape index (κ3) is 5.32. The van der Waals surface area contributed by atoms with Crippen molar-refractivity contribution in [3.8, 4) is 5.75 Å². The average molecular weight is 307 g/mol. The fourth-order valence-electron chi connectivity index (χ4n) is 2.59. The molecule has 114 valence electrons. The molecule has 1 aromatic carbocycles. The van der Waals surface area contributed by atoms with E-state index in [4.69, 9.17) is 18.0 Å². The molecular formula is C15H21N3O2S. The maximum atomic E-state index is 12.0. The van der Waals surface area contributed by atoms with Crippen LogP contribution in [0.2, 0.25) is 0 Å². The van der Waals surface area contributed by atoms with Gasteiger partial charge < -0.3 is 16.2 Å². The number of nitrogens with two attached hydrogens (primary N) is 1. The maximum Gasteiger partial charge on any atom is 0.224 e. The number of carbonyl (C=O) groups is 1. The summed E-state index contributed by atoms with van der Waals surface area (Å²) in [6, 6.07) is 7.00. The summed E-state index contributed by atoms with van der Waals surface area (Å²) in [7, 11) is 0. The number of rotatable bonds is 5. The van der Waals surface area contributed by atoms with Crippen LogP contribution in [-0.2, 0) is 11.2 Å². The molecule has 2 rings (SSSR count). The third-order valence-corrected chi connectivity index (χ3v) is 3.74. The molecule has 0 bridgehead atoms. The average Bonchev–Trinajstić information content (AvgIpc) is 2.40. The zero-order chi connectivity index (χ0) is 15.2. The lowest BCUT2D eigenvalue weighted by Gasteiger charge is -2.32. The Kier molecular flexibility index (Phi) is 5.52. The van der Waals surface area contributed by atoms with E-state index in [2.05, 4.69) is 10.2 Å². The second-order valence-corrected chi connectivity index (χ2v) is 5.96. The van der Waals surface area contributed by atoms with E-state index in [0.29, 0.717) is 18.0 Å². The van der Waals surface area contributed by atoms with Crippen molar-refractivity contribution in [2.24, 2.45) is 5.73 Å². The van der Waals surface area contributed by atoms with Crippen molar-refractivity contribution in [1.29, 1.82) is 0 Å². The molecule has 1 aliphatic heterocycles. The van der Waals surface area contributed by atoms with Crippen molar-refractivity contribution in [2.45, 2.75) is 25.3 Å². The molecular weight excluding hydrogens is 286 g/mol. The number of carbonyl (C=O) groups excluding carboxylic acids is 1. The van der Waals surface area contributed by atoms with E-state index < -0.39 is 0 Å². The first-order valence-electron chi connectivity index (χ1n) is 7.11. The fourth-order valence-corrected chi connectivity index (χ4v) is 2.77. The van der Waals surface area contributed by atoms with Crippen LogP contribution < -0.4 is 11.1 Å². The molecule has 6 heteroatoms. The van der Waals surface area contributed by atoms with Crippen LogP contribution in [0.1, 0.15) is 18.4 Å². The van der Waals surface area contributed by atoms with Gasteiger partial charge in [0.15, 0.2) is 0 Å². The summed E-state index contributed by atoms with van der Waals surface area (Å²) in [6.07, 6.45) is 2.12. The number of phenolic OH excluding ortho intramolecular Hbond substituents is 1. The van der Waals surface area contributed by atoms with E-state index in [-0.39, 0.29) is 17.7 Å². The SMILES string of the molecule is NC(=S)CN1CCC(NC(=O)Cc2cccc(O)c2)CC1. The molecule has 0 radical (unpaired) electrons. The van der Waals surface area contributed by atoms with Gasteiger partial charge in [0.05, 0.1) is 11.4 Å². The molecule has 5 nitrogen and oxygen atoms in total. The van der Waals surface area contributed by atoms with Gasteiger partial charge in [0, 0.05) is 25.7 Å². The lowest BCUT2D eigenvalue weighted by Crippen LogP contribution is -2.46. The van der Waals surface area contributed by atoms with Gasteiger partial charge in [-0.05, 0) is 30.5 Å². The van der Waals surface area contributed by atoms with Crippen molar-refractivity contribution in [3.63, 3.8) is 0 Å². The molecule has 0 unspecified atom stereocenters. The third-order valence-electron chi connectivity index (χ3n) is 3.61. The minimum atomic E-state index is -0.00612. The Morgan fingerprint density at radius 2 is 2.14 bits per heavy atom. The normalized spacial score (nSPS) is 16.6. The molecule has 0 aromatic heterocycles. The number of likely N-dealkylation sites (tertiary alicyclic amines) is 1. The number of amides is 1. The molecule has 0 atom stereocenters. The maximum absolute atomic E-state index is 12.0. The minimum absolute atomic E-state index is 0.00612. The summed E-state index contributed by atoms with van der Waals surface area (Å²) in [6.45, 7) is 2.45. The highest BCUT2D eigenvalue weighted by Gasteiger charge is 2.20. The first-order chi connectivity index (χ1) is 10.0. The Morgan fingerprint density at radius 3 is 2.76 bits per heavy atom. The second kappa shape index (κ2) is 7.38. The van der Waals surface area contributed by atoms with Crippen molar-refractivity contribution >= 4 is 23.1 Å². The van der Waals surface area contributed by atoms with Crippen molar-refractivity contribution < 1.29 is 9.90 Å². The van der Waals surface area contributed by atoms with Crippen molar-refractivity contribution in [1.82, 2.24) is 10.2 Å². The van der Waals surface area contributed by atoms with Crippen LogP contribution in [0.15, 0.2) is 24.3 Å². The van der Waals surface area contributed by atoms with Crippen LogP contribution in [0.25, 0.3) is 0 Å². The highest BCUT2D eigenvalue weighted by molar-refractivity contribution is 7.80. The molecule has 0 aliphatic carbocycles. The number of hydrogen-bond donors (Lipinski definition) is 3. The van der Waals surface area contributed by atoms with Crippen LogP contribution >= 0.6 is 12.2 Å².